The summed E-state index contributed by atoms with van der Waals surface area (Å²) in [5.41, 5.74) is 1.09. The lowest BCUT2D eigenvalue weighted by atomic mass is 10.1. The number of aliphatic hydroxyl groups is 2. The minimum atomic E-state index is -2.79. The van der Waals surface area contributed by atoms with E-state index in [1.54, 1.807) is 22.7 Å². The van der Waals surface area contributed by atoms with E-state index in [1.165, 1.54) is 23.3 Å². The molecule has 0 aromatic carbocycles. The zero-order chi connectivity index (χ0) is 26.3. The number of aromatic nitrogens is 5. The van der Waals surface area contributed by atoms with Crippen LogP contribution in [0.15, 0.2) is 42.3 Å². The molecule has 176 valence electrons. The van der Waals surface area contributed by atoms with Crippen LogP contribution < -0.4 is 10.6 Å². The molecule has 13 heteroatoms. The van der Waals surface area contributed by atoms with Crippen LogP contribution in [0.5, 0.6) is 0 Å². The Morgan fingerprint density at radius 2 is 2.24 bits per heavy atom. The van der Waals surface area contributed by atoms with E-state index in [1.807, 2.05) is 17.5 Å². The molecule has 4 aromatic heterocycles. The van der Waals surface area contributed by atoms with Crippen molar-refractivity contribution in [3.8, 4) is 11.4 Å². The number of halogens is 1. The molecule has 1 fully saturated rings. The van der Waals surface area contributed by atoms with Crippen molar-refractivity contribution in [3.63, 3.8) is 0 Å². The molecule has 1 aliphatic rings. The number of pyridine rings is 1. The lowest BCUT2D eigenvalue weighted by Gasteiger charge is -2.17. The molecule has 0 bridgehead atoms. The largest absolute Gasteiger partial charge is 0.387 e. The predicted octanol–water partition coefficient (Wildman–Crippen LogP) is 1.58. The van der Waals surface area contributed by atoms with Crippen LogP contribution >= 0.6 is 22.9 Å². The molecule has 4 N–H and O–H groups in total. The Bertz CT molecular complexity index is 1440. The third-order valence-electron chi connectivity index (χ3n) is 5.29. The molecule has 5 rings (SSSR count). The zero-order valence-corrected chi connectivity index (χ0v) is 18.9. The van der Waals surface area contributed by atoms with Crippen LogP contribution in [0.3, 0.4) is 0 Å². The summed E-state index contributed by atoms with van der Waals surface area (Å²) >= 11 is 7.68. The molecular formula is C21H20ClN7O4S. The quantitative estimate of drug-likeness (QED) is 0.307. The number of nitrogens with zero attached hydrogens (tertiary/aromatic N) is 5. The first-order valence-electron chi connectivity index (χ1n) is 11.6. The molecule has 1 saturated heterocycles. The smallest absolute Gasteiger partial charge is 0.251 e. The number of thiophene rings is 1. The van der Waals surface area contributed by atoms with Gasteiger partial charge in [-0.3, -0.25) is 14.3 Å². The van der Waals surface area contributed by atoms with E-state index < -0.39 is 37.4 Å². The first kappa shape index (κ1) is 19.2. The fourth-order valence-corrected chi connectivity index (χ4v) is 4.47. The van der Waals surface area contributed by atoms with E-state index in [0.717, 1.165) is 4.88 Å². The molecule has 4 atom stereocenters. The van der Waals surface area contributed by atoms with Gasteiger partial charge in [-0.25, -0.2) is 15.0 Å². The Labute approximate surface area is 206 Å². The van der Waals surface area contributed by atoms with Crippen molar-refractivity contribution in [2.45, 2.75) is 31.1 Å². The molecule has 1 amide bonds. The van der Waals surface area contributed by atoms with Gasteiger partial charge >= 0.3 is 0 Å². The van der Waals surface area contributed by atoms with Crippen LogP contribution in [-0.2, 0) is 16.1 Å². The van der Waals surface area contributed by atoms with E-state index >= 15 is 0 Å². The average molecular weight is 505 g/mol. The number of aliphatic hydroxyl groups excluding tert-OH is 2. The number of nitrogens with one attached hydrogen (secondary N) is 2. The summed E-state index contributed by atoms with van der Waals surface area (Å²) in [6.45, 7) is -2.33. The van der Waals surface area contributed by atoms with Gasteiger partial charge in [-0.15, -0.1) is 11.3 Å². The number of likely N-dealkylation sites (N-methyl/N-ethyl adjacent to an activating group) is 1. The second-order valence-electron chi connectivity index (χ2n) is 7.46. The van der Waals surface area contributed by atoms with Crippen LogP contribution in [0.1, 0.15) is 15.2 Å². The van der Waals surface area contributed by atoms with Gasteiger partial charge in [-0.2, -0.15) is 0 Å². The van der Waals surface area contributed by atoms with Gasteiger partial charge in [0.25, 0.3) is 5.91 Å². The van der Waals surface area contributed by atoms with Gasteiger partial charge in [0.05, 0.1) is 17.9 Å². The first-order chi connectivity index (χ1) is 17.6. The standard InChI is InChI=1S/C21H20ClN7O4S/c1-23-20(32)16-14(30)15(31)21(33-16)29-9-26-13-18(25-8-12-3-2-4-34-12)27-17(28-19(13)29)10-5-11(22)7-24-6-10/h2-7,9,14-16,21,30-31H,8H2,1H3,(H,23,32)(H,25,27,28)/t14-,15+,16-,21+/m0/s1/i1D3. The molecule has 0 spiro atoms. The average Bonchev–Trinajstić information content (AvgIpc) is 3.57. The number of ether oxygens (including phenoxy) is 1. The Hall–Kier alpha value is -3.16. The van der Waals surface area contributed by atoms with Crippen molar-refractivity contribution in [3.05, 3.63) is 52.2 Å². The Balaban J connectivity index is 1.54. The summed E-state index contributed by atoms with van der Waals surface area (Å²) in [5, 5.41) is 28.5. The van der Waals surface area contributed by atoms with Crippen molar-refractivity contribution in [1.82, 2.24) is 29.8 Å². The number of amides is 1. The van der Waals surface area contributed by atoms with Gasteiger partial charge in [0.15, 0.2) is 35.1 Å². The van der Waals surface area contributed by atoms with Crippen LogP contribution in [0.4, 0.5) is 5.82 Å². The second kappa shape index (κ2) is 9.24. The van der Waals surface area contributed by atoms with Crippen LogP contribution in [0.2, 0.25) is 5.02 Å². The van der Waals surface area contributed by atoms with E-state index in [-0.39, 0.29) is 11.5 Å². The highest BCUT2D eigenvalue weighted by atomic mass is 35.5. The van der Waals surface area contributed by atoms with Crippen molar-refractivity contribution >= 4 is 45.8 Å². The highest BCUT2D eigenvalue weighted by molar-refractivity contribution is 7.09. The Morgan fingerprint density at radius 1 is 1.35 bits per heavy atom. The highest BCUT2D eigenvalue weighted by Crippen LogP contribution is 2.34. The minimum Gasteiger partial charge on any atom is -0.387 e. The number of fused-ring (bicyclic) bond motifs is 1. The predicted molar refractivity (Wildman–Crippen MR) is 125 cm³/mol. The number of rotatable bonds is 6. The molecule has 34 heavy (non-hydrogen) atoms. The fourth-order valence-electron chi connectivity index (χ4n) is 3.65. The molecule has 0 unspecified atom stereocenters. The van der Waals surface area contributed by atoms with E-state index in [0.29, 0.717) is 28.5 Å². The molecule has 4 aromatic rings. The summed E-state index contributed by atoms with van der Waals surface area (Å²) < 4.78 is 28.6. The molecule has 5 heterocycles. The Morgan fingerprint density at radius 3 is 3.00 bits per heavy atom. The van der Waals surface area contributed by atoms with Crippen molar-refractivity contribution in [2.24, 2.45) is 0 Å². The normalized spacial score (nSPS) is 23.9. The van der Waals surface area contributed by atoms with Gasteiger partial charge in [0.2, 0.25) is 0 Å². The topological polar surface area (TPSA) is 147 Å². The molecule has 0 aliphatic carbocycles. The van der Waals surface area contributed by atoms with E-state index in [9.17, 15) is 15.0 Å². The lowest BCUT2D eigenvalue weighted by Crippen LogP contribution is -2.41. The monoisotopic (exact) mass is 504 g/mol. The lowest BCUT2D eigenvalue weighted by molar-refractivity contribution is -0.137. The Kier molecular flexibility index (Phi) is 5.21. The maximum Gasteiger partial charge on any atom is 0.251 e. The van der Waals surface area contributed by atoms with Crippen molar-refractivity contribution in [1.29, 1.82) is 0 Å². The van der Waals surface area contributed by atoms with Gasteiger partial charge in [0.1, 0.15) is 12.2 Å². The molecular weight excluding hydrogens is 482 g/mol. The van der Waals surface area contributed by atoms with Crippen molar-refractivity contribution in [2.75, 3.05) is 12.3 Å². The summed E-state index contributed by atoms with van der Waals surface area (Å²) in [5.74, 6) is -0.448. The zero-order valence-electron chi connectivity index (χ0n) is 20.3. The minimum absolute atomic E-state index is 0.229. The third kappa shape index (κ3) is 4.10. The first-order valence-corrected chi connectivity index (χ1v) is 11.3. The third-order valence-corrected chi connectivity index (χ3v) is 6.37. The second-order valence-corrected chi connectivity index (χ2v) is 8.93. The number of hydrogen-bond acceptors (Lipinski definition) is 10. The molecule has 1 aliphatic heterocycles. The molecule has 11 nitrogen and oxygen atoms in total. The van der Waals surface area contributed by atoms with Crippen LogP contribution in [0.25, 0.3) is 22.6 Å². The SMILES string of the molecule is [2H]C([2H])([2H])NC(=O)[C@H]1O[C@@H](n2cnc3c(NCc4cccs4)nc(-c4cncc(Cl)c4)nc32)[C@H](O)[C@@H]1O. The van der Waals surface area contributed by atoms with Gasteiger partial charge in [-0.05, 0) is 17.5 Å². The maximum atomic E-state index is 12.4. The van der Waals surface area contributed by atoms with Gasteiger partial charge < -0.3 is 25.6 Å². The van der Waals surface area contributed by atoms with E-state index in [2.05, 4.69) is 25.3 Å². The number of hydrogen-bond donors (Lipinski definition) is 4. The van der Waals surface area contributed by atoms with E-state index in [4.69, 9.17) is 20.5 Å². The van der Waals surface area contributed by atoms with Gasteiger partial charge in [0, 0.05) is 33.9 Å². The maximum absolute atomic E-state index is 12.4. The fraction of sp³-hybridized carbons (Fsp3) is 0.286. The summed E-state index contributed by atoms with van der Waals surface area (Å²) in [6, 6.07) is 5.53. The highest BCUT2D eigenvalue weighted by Gasteiger charge is 2.47. The van der Waals surface area contributed by atoms with Gasteiger partial charge in [-0.1, -0.05) is 17.7 Å². The molecule has 0 saturated carbocycles. The van der Waals surface area contributed by atoms with Crippen molar-refractivity contribution < 1.29 is 23.9 Å². The van der Waals surface area contributed by atoms with Crippen LogP contribution in [-0.4, -0.2) is 65.9 Å². The number of anilines is 1. The van der Waals surface area contributed by atoms with Crippen LogP contribution in [0, 0.1) is 0 Å². The summed E-state index contributed by atoms with van der Waals surface area (Å²) in [6.07, 6.45) is -1.86. The number of imidazole rings is 1. The number of carbonyl (C=O) groups excluding carboxylic acids is 1. The number of carbonyl (C=O) groups is 1. The summed E-state index contributed by atoms with van der Waals surface area (Å²) in [7, 11) is 0. The molecule has 0 radical (unpaired) electrons. The summed E-state index contributed by atoms with van der Waals surface area (Å²) in [4.78, 5) is 31.1.